The van der Waals surface area contributed by atoms with Crippen LogP contribution in [0.25, 0.3) is 0 Å². The highest BCUT2D eigenvalue weighted by molar-refractivity contribution is 6.32. The zero-order valence-corrected chi connectivity index (χ0v) is 13.3. The van der Waals surface area contributed by atoms with E-state index in [1.54, 1.807) is 24.3 Å². The van der Waals surface area contributed by atoms with E-state index >= 15 is 0 Å². The van der Waals surface area contributed by atoms with E-state index in [0.717, 1.165) is 11.1 Å². The molecule has 0 heterocycles. The van der Waals surface area contributed by atoms with Gasteiger partial charge < -0.3 is 10.1 Å². The highest BCUT2D eigenvalue weighted by Crippen LogP contribution is 2.25. The first-order valence-electron chi connectivity index (χ1n) is 6.40. The molecule has 3 nitrogen and oxygen atoms in total. The van der Waals surface area contributed by atoms with Gasteiger partial charge in [0.1, 0.15) is 5.75 Å². The molecule has 110 valence electrons. The monoisotopic (exact) mass is 323 g/mol. The summed E-state index contributed by atoms with van der Waals surface area (Å²) in [5.41, 5.74) is 2.60. The topological polar surface area (TPSA) is 38.3 Å². The second-order valence-corrected chi connectivity index (χ2v) is 5.55. The summed E-state index contributed by atoms with van der Waals surface area (Å²) in [6, 6.07) is 10.7. The van der Waals surface area contributed by atoms with E-state index in [-0.39, 0.29) is 12.5 Å². The first kappa shape index (κ1) is 15.7. The summed E-state index contributed by atoms with van der Waals surface area (Å²) in [6.07, 6.45) is 0. The number of amides is 1. The van der Waals surface area contributed by atoms with Crippen molar-refractivity contribution >= 4 is 34.8 Å². The smallest absolute Gasteiger partial charge is 0.262 e. The third kappa shape index (κ3) is 4.38. The van der Waals surface area contributed by atoms with E-state index in [9.17, 15) is 4.79 Å². The minimum absolute atomic E-state index is 0.116. The van der Waals surface area contributed by atoms with Gasteiger partial charge >= 0.3 is 0 Å². The maximum Gasteiger partial charge on any atom is 0.262 e. The van der Waals surface area contributed by atoms with Crippen molar-refractivity contribution in [3.63, 3.8) is 0 Å². The second kappa shape index (κ2) is 6.83. The first-order valence-corrected chi connectivity index (χ1v) is 7.16. The average Bonchev–Trinajstić information content (AvgIpc) is 2.44. The quantitative estimate of drug-likeness (QED) is 0.890. The van der Waals surface area contributed by atoms with E-state index in [4.69, 9.17) is 27.9 Å². The van der Waals surface area contributed by atoms with Crippen molar-refractivity contribution in [3.8, 4) is 5.75 Å². The zero-order valence-electron chi connectivity index (χ0n) is 11.7. The van der Waals surface area contributed by atoms with Crippen LogP contribution in [-0.2, 0) is 4.79 Å². The molecule has 0 aliphatic rings. The van der Waals surface area contributed by atoms with E-state index in [1.165, 1.54) is 0 Å². The van der Waals surface area contributed by atoms with E-state index in [0.29, 0.717) is 21.5 Å². The fourth-order valence-electron chi connectivity index (χ4n) is 1.73. The van der Waals surface area contributed by atoms with E-state index in [1.807, 2.05) is 26.0 Å². The van der Waals surface area contributed by atoms with E-state index < -0.39 is 0 Å². The summed E-state index contributed by atoms with van der Waals surface area (Å²) in [4.78, 5) is 11.9. The summed E-state index contributed by atoms with van der Waals surface area (Å²) in [7, 11) is 0. The van der Waals surface area contributed by atoms with Crippen molar-refractivity contribution in [2.24, 2.45) is 0 Å². The number of carbonyl (C=O) groups excluding carboxylic acids is 1. The van der Waals surface area contributed by atoms with Crippen LogP contribution in [0.4, 0.5) is 5.69 Å². The molecular weight excluding hydrogens is 309 g/mol. The normalized spacial score (nSPS) is 10.3. The van der Waals surface area contributed by atoms with Crippen LogP contribution in [0.2, 0.25) is 10.0 Å². The molecule has 0 bridgehead atoms. The summed E-state index contributed by atoms with van der Waals surface area (Å²) < 4.78 is 5.43. The molecule has 0 saturated carbocycles. The lowest BCUT2D eigenvalue weighted by atomic mass is 10.2. The lowest BCUT2D eigenvalue weighted by Crippen LogP contribution is -2.20. The maximum absolute atomic E-state index is 11.9. The van der Waals surface area contributed by atoms with Crippen molar-refractivity contribution in [2.75, 3.05) is 11.9 Å². The first-order chi connectivity index (χ1) is 9.95. The molecule has 1 N–H and O–H groups in total. The number of aryl methyl sites for hydroxylation is 2. The highest BCUT2D eigenvalue weighted by Gasteiger charge is 2.07. The van der Waals surface area contributed by atoms with Crippen LogP contribution in [0.15, 0.2) is 36.4 Å². The number of ether oxygens (including phenoxy) is 1. The fourth-order valence-corrected chi connectivity index (χ4v) is 2.08. The Morgan fingerprint density at radius 1 is 1.10 bits per heavy atom. The number of nitrogens with one attached hydrogen (secondary N) is 1. The summed E-state index contributed by atoms with van der Waals surface area (Å²) >= 11 is 12.0. The van der Waals surface area contributed by atoms with E-state index in [2.05, 4.69) is 5.32 Å². The number of hydrogen-bond acceptors (Lipinski definition) is 2. The molecule has 2 aromatic rings. The number of benzene rings is 2. The number of carbonyl (C=O) groups is 1. The van der Waals surface area contributed by atoms with Gasteiger partial charge in [-0.05, 0) is 49.2 Å². The van der Waals surface area contributed by atoms with Crippen LogP contribution in [-0.4, -0.2) is 12.5 Å². The molecule has 0 aromatic heterocycles. The Bertz CT molecular complexity index is 671. The molecule has 0 unspecified atom stereocenters. The molecule has 0 radical (unpaired) electrons. The van der Waals surface area contributed by atoms with Crippen LogP contribution < -0.4 is 10.1 Å². The molecular formula is C16H15Cl2NO2. The number of halogens is 2. The van der Waals surface area contributed by atoms with Gasteiger partial charge in [0.2, 0.25) is 0 Å². The maximum atomic E-state index is 11.9. The van der Waals surface area contributed by atoms with Crippen LogP contribution in [0.3, 0.4) is 0 Å². The molecule has 0 aliphatic heterocycles. The van der Waals surface area contributed by atoms with Crippen molar-refractivity contribution < 1.29 is 9.53 Å². The van der Waals surface area contributed by atoms with Gasteiger partial charge in [0.05, 0.1) is 5.02 Å². The number of rotatable bonds is 4. The van der Waals surface area contributed by atoms with Gasteiger partial charge in [0.15, 0.2) is 6.61 Å². The largest absolute Gasteiger partial charge is 0.482 e. The molecule has 0 saturated heterocycles. The highest BCUT2D eigenvalue weighted by atomic mass is 35.5. The Labute approximate surface area is 133 Å². The third-order valence-corrected chi connectivity index (χ3v) is 3.62. The Hall–Kier alpha value is -1.71. The van der Waals surface area contributed by atoms with Crippen LogP contribution in [0, 0.1) is 13.8 Å². The van der Waals surface area contributed by atoms with Crippen molar-refractivity contribution in [1.82, 2.24) is 0 Å². The molecule has 0 fully saturated rings. The van der Waals surface area contributed by atoms with Gasteiger partial charge in [-0.15, -0.1) is 0 Å². The Balaban J connectivity index is 1.95. The lowest BCUT2D eigenvalue weighted by Gasteiger charge is -2.10. The molecule has 0 spiro atoms. The van der Waals surface area contributed by atoms with Gasteiger partial charge in [0, 0.05) is 10.7 Å². The fraction of sp³-hybridized carbons (Fsp3) is 0.188. The summed E-state index contributed by atoms with van der Waals surface area (Å²) in [5, 5.41) is 3.81. The predicted octanol–water partition coefficient (Wildman–Crippen LogP) is 4.63. The summed E-state index contributed by atoms with van der Waals surface area (Å²) in [6.45, 7) is 3.71. The standard InChI is InChI=1S/C16H15Cl2NO2/c1-10-3-6-13(17)15(7-10)21-9-16(20)19-12-5-4-11(2)14(18)8-12/h3-8H,9H2,1-2H3,(H,19,20). The molecule has 0 atom stereocenters. The van der Waals surface area contributed by atoms with Crippen molar-refractivity contribution in [2.45, 2.75) is 13.8 Å². The summed E-state index contributed by atoms with van der Waals surface area (Å²) in [5.74, 6) is 0.223. The van der Waals surface area contributed by atoms with Gasteiger partial charge in [0.25, 0.3) is 5.91 Å². The third-order valence-electron chi connectivity index (χ3n) is 2.90. The predicted molar refractivity (Wildman–Crippen MR) is 86.5 cm³/mol. The molecule has 2 aromatic carbocycles. The van der Waals surface area contributed by atoms with Gasteiger partial charge in [-0.1, -0.05) is 35.3 Å². The Morgan fingerprint density at radius 2 is 1.86 bits per heavy atom. The Kier molecular flexibility index (Phi) is 5.10. The molecule has 0 aliphatic carbocycles. The van der Waals surface area contributed by atoms with Gasteiger partial charge in [-0.3, -0.25) is 4.79 Å². The lowest BCUT2D eigenvalue weighted by molar-refractivity contribution is -0.118. The van der Waals surface area contributed by atoms with Crippen LogP contribution >= 0.6 is 23.2 Å². The molecule has 21 heavy (non-hydrogen) atoms. The van der Waals surface area contributed by atoms with Gasteiger partial charge in [-0.2, -0.15) is 0 Å². The van der Waals surface area contributed by atoms with Crippen LogP contribution in [0.5, 0.6) is 5.75 Å². The molecule has 1 amide bonds. The molecule has 2 rings (SSSR count). The number of hydrogen-bond donors (Lipinski definition) is 1. The average molecular weight is 324 g/mol. The molecule has 5 heteroatoms. The number of anilines is 1. The zero-order chi connectivity index (χ0) is 15.4. The second-order valence-electron chi connectivity index (χ2n) is 4.73. The van der Waals surface area contributed by atoms with Crippen molar-refractivity contribution in [3.05, 3.63) is 57.6 Å². The van der Waals surface area contributed by atoms with Crippen molar-refractivity contribution in [1.29, 1.82) is 0 Å². The Morgan fingerprint density at radius 3 is 2.57 bits per heavy atom. The SMILES string of the molecule is Cc1ccc(Cl)c(OCC(=O)Nc2ccc(C)c(Cl)c2)c1. The minimum atomic E-state index is -0.271. The van der Waals surface area contributed by atoms with Gasteiger partial charge in [-0.25, -0.2) is 0 Å². The minimum Gasteiger partial charge on any atom is -0.482 e. The van der Waals surface area contributed by atoms with Crippen LogP contribution in [0.1, 0.15) is 11.1 Å².